The van der Waals surface area contributed by atoms with Crippen LogP contribution in [0.1, 0.15) is 31.2 Å². The molecule has 0 unspecified atom stereocenters. The van der Waals surface area contributed by atoms with Crippen LogP contribution in [0, 0.1) is 6.92 Å². The summed E-state index contributed by atoms with van der Waals surface area (Å²) in [6.45, 7) is 1.80. The van der Waals surface area contributed by atoms with Crippen molar-refractivity contribution in [1.29, 1.82) is 0 Å². The lowest BCUT2D eigenvalue weighted by atomic mass is 9.91. The molecule has 0 heterocycles. The second-order valence-corrected chi connectivity index (χ2v) is 8.50. The second-order valence-electron chi connectivity index (χ2n) is 7.62. The zero-order valence-corrected chi connectivity index (χ0v) is 18.8. The molecule has 0 atom stereocenters. The van der Waals surface area contributed by atoms with E-state index < -0.39 is 0 Å². The molecular formula is C23H26Cl2N2O4. The van der Waals surface area contributed by atoms with E-state index in [1.165, 1.54) is 0 Å². The Hall–Kier alpha value is -2.44. The Labute approximate surface area is 192 Å². The minimum Gasteiger partial charge on any atom is -0.484 e. The average Bonchev–Trinajstić information content (AvgIpc) is 2.74. The highest BCUT2D eigenvalue weighted by molar-refractivity contribution is 6.30. The molecule has 0 aromatic heterocycles. The van der Waals surface area contributed by atoms with E-state index in [0.29, 0.717) is 21.5 Å². The Bertz CT molecular complexity index is 897. The molecule has 2 amide bonds. The molecule has 0 aliphatic heterocycles. The first kappa shape index (κ1) is 23.2. The van der Waals surface area contributed by atoms with Crippen molar-refractivity contribution >= 4 is 35.0 Å². The van der Waals surface area contributed by atoms with Crippen LogP contribution in [-0.2, 0) is 9.59 Å². The fraction of sp³-hybridized carbons (Fsp3) is 0.391. The molecule has 0 saturated heterocycles. The van der Waals surface area contributed by atoms with Crippen LogP contribution in [0.25, 0.3) is 0 Å². The van der Waals surface area contributed by atoms with Crippen molar-refractivity contribution in [3.8, 4) is 11.5 Å². The van der Waals surface area contributed by atoms with Gasteiger partial charge >= 0.3 is 0 Å². The maximum Gasteiger partial charge on any atom is 0.258 e. The number of rotatable bonds is 8. The van der Waals surface area contributed by atoms with Crippen molar-refractivity contribution in [1.82, 2.24) is 10.6 Å². The molecular weight excluding hydrogens is 439 g/mol. The summed E-state index contributed by atoms with van der Waals surface area (Å²) in [5.41, 5.74) is 0.886. The minimum atomic E-state index is -0.158. The van der Waals surface area contributed by atoms with Crippen LogP contribution in [-0.4, -0.2) is 37.1 Å². The Balaban J connectivity index is 1.32. The highest BCUT2D eigenvalue weighted by Crippen LogP contribution is 2.22. The molecule has 3 rings (SSSR count). The van der Waals surface area contributed by atoms with Crippen molar-refractivity contribution in [3.63, 3.8) is 0 Å². The minimum absolute atomic E-state index is 0.0405. The highest BCUT2D eigenvalue weighted by Gasteiger charge is 2.23. The summed E-state index contributed by atoms with van der Waals surface area (Å²) in [6.07, 6.45) is 3.20. The van der Waals surface area contributed by atoms with E-state index >= 15 is 0 Å². The number of halogens is 2. The summed E-state index contributed by atoms with van der Waals surface area (Å²) in [6, 6.07) is 12.3. The molecule has 1 aliphatic carbocycles. The lowest BCUT2D eigenvalue weighted by Gasteiger charge is -2.29. The summed E-state index contributed by atoms with van der Waals surface area (Å²) >= 11 is 11.8. The summed E-state index contributed by atoms with van der Waals surface area (Å²) in [5, 5.41) is 7.25. The van der Waals surface area contributed by atoms with E-state index in [4.69, 9.17) is 32.7 Å². The summed E-state index contributed by atoms with van der Waals surface area (Å²) < 4.78 is 11.1. The van der Waals surface area contributed by atoms with Crippen molar-refractivity contribution in [2.45, 2.75) is 44.7 Å². The van der Waals surface area contributed by atoms with Gasteiger partial charge < -0.3 is 20.1 Å². The Morgan fingerprint density at radius 1 is 0.839 bits per heavy atom. The second kappa shape index (κ2) is 11.3. The Morgan fingerprint density at radius 2 is 1.35 bits per heavy atom. The van der Waals surface area contributed by atoms with Gasteiger partial charge in [0.1, 0.15) is 11.5 Å². The van der Waals surface area contributed by atoms with Crippen LogP contribution in [0.2, 0.25) is 10.0 Å². The van der Waals surface area contributed by atoms with Crippen molar-refractivity contribution < 1.29 is 19.1 Å². The SMILES string of the molecule is Cc1cc(Cl)ccc1OCC(=O)NC1CCC(NC(=O)COc2ccc(Cl)cc2)CC1. The van der Waals surface area contributed by atoms with Gasteiger partial charge in [-0.25, -0.2) is 0 Å². The van der Waals surface area contributed by atoms with Gasteiger partial charge in [0, 0.05) is 22.1 Å². The summed E-state index contributed by atoms with van der Waals surface area (Å²) in [7, 11) is 0. The molecule has 2 aromatic rings. The maximum absolute atomic E-state index is 12.2. The molecule has 2 aromatic carbocycles. The van der Waals surface area contributed by atoms with E-state index in [1.54, 1.807) is 42.5 Å². The Morgan fingerprint density at radius 3 is 1.90 bits per heavy atom. The monoisotopic (exact) mass is 464 g/mol. The van der Waals surface area contributed by atoms with E-state index in [2.05, 4.69) is 10.6 Å². The smallest absolute Gasteiger partial charge is 0.258 e. The van der Waals surface area contributed by atoms with Gasteiger partial charge in [0.05, 0.1) is 0 Å². The van der Waals surface area contributed by atoms with Gasteiger partial charge in [-0.15, -0.1) is 0 Å². The van der Waals surface area contributed by atoms with E-state index in [-0.39, 0.29) is 37.1 Å². The van der Waals surface area contributed by atoms with E-state index in [0.717, 1.165) is 31.2 Å². The fourth-order valence-corrected chi connectivity index (χ4v) is 3.87. The lowest BCUT2D eigenvalue weighted by Crippen LogP contribution is -2.45. The van der Waals surface area contributed by atoms with E-state index in [9.17, 15) is 9.59 Å². The number of hydrogen-bond donors (Lipinski definition) is 2. The third-order valence-electron chi connectivity index (χ3n) is 5.14. The fourth-order valence-electron chi connectivity index (χ4n) is 3.52. The summed E-state index contributed by atoms with van der Waals surface area (Å²) in [4.78, 5) is 24.3. The number of ether oxygens (including phenoxy) is 2. The largest absolute Gasteiger partial charge is 0.484 e. The standard InChI is InChI=1S/C23H26Cl2N2O4/c1-15-12-17(25)4-11-21(15)31-14-23(29)27-19-7-5-18(6-8-19)26-22(28)13-30-20-9-2-16(24)3-10-20/h2-4,9-12,18-19H,5-8,13-14H2,1H3,(H,26,28)(H,27,29). The topological polar surface area (TPSA) is 76.7 Å². The number of hydrogen-bond acceptors (Lipinski definition) is 4. The zero-order chi connectivity index (χ0) is 22.2. The predicted octanol–water partition coefficient (Wildman–Crippen LogP) is 4.30. The molecule has 0 radical (unpaired) electrons. The predicted molar refractivity (Wildman–Crippen MR) is 121 cm³/mol. The lowest BCUT2D eigenvalue weighted by molar-refractivity contribution is -0.125. The number of benzene rings is 2. The summed E-state index contributed by atoms with van der Waals surface area (Å²) in [5.74, 6) is 0.932. The number of amides is 2. The van der Waals surface area contributed by atoms with Crippen LogP contribution in [0.4, 0.5) is 0 Å². The molecule has 31 heavy (non-hydrogen) atoms. The maximum atomic E-state index is 12.2. The molecule has 1 aliphatic rings. The van der Waals surface area contributed by atoms with Gasteiger partial charge in [-0.2, -0.15) is 0 Å². The van der Waals surface area contributed by atoms with Crippen LogP contribution in [0.3, 0.4) is 0 Å². The van der Waals surface area contributed by atoms with Gasteiger partial charge in [0.2, 0.25) is 0 Å². The van der Waals surface area contributed by atoms with Gasteiger partial charge in [-0.1, -0.05) is 23.2 Å². The first-order chi connectivity index (χ1) is 14.9. The third-order valence-corrected chi connectivity index (χ3v) is 5.62. The van der Waals surface area contributed by atoms with Crippen LogP contribution >= 0.6 is 23.2 Å². The molecule has 0 bridgehead atoms. The van der Waals surface area contributed by atoms with Crippen molar-refractivity contribution in [2.24, 2.45) is 0 Å². The number of aryl methyl sites for hydroxylation is 1. The number of carbonyl (C=O) groups is 2. The molecule has 1 fully saturated rings. The quantitative estimate of drug-likeness (QED) is 0.610. The number of nitrogens with one attached hydrogen (secondary N) is 2. The molecule has 0 spiro atoms. The highest BCUT2D eigenvalue weighted by atomic mass is 35.5. The first-order valence-corrected chi connectivity index (χ1v) is 11.0. The molecule has 1 saturated carbocycles. The normalized spacial score (nSPS) is 18.2. The number of carbonyl (C=O) groups excluding carboxylic acids is 2. The van der Waals surface area contributed by atoms with E-state index in [1.807, 2.05) is 6.92 Å². The van der Waals surface area contributed by atoms with Crippen LogP contribution < -0.4 is 20.1 Å². The Kier molecular flexibility index (Phi) is 8.43. The van der Waals surface area contributed by atoms with Gasteiger partial charge in [-0.05, 0) is 80.6 Å². The van der Waals surface area contributed by atoms with Gasteiger partial charge in [0.15, 0.2) is 13.2 Å². The molecule has 8 heteroatoms. The van der Waals surface area contributed by atoms with Gasteiger partial charge in [0.25, 0.3) is 11.8 Å². The molecule has 166 valence electrons. The molecule has 2 N–H and O–H groups in total. The van der Waals surface area contributed by atoms with Gasteiger partial charge in [-0.3, -0.25) is 9.59 Å². The van der Waals surface area contributed by atoms with Crippen molar-refractivity contribution in [2.75, 3.05) is 13.2 Å². The third kappa shape index (κ3) is 7.64. The molecule has 6 nitrogen and oxygen atoms in total. The first-order valence-electron chi connectivity index (χ1n) is 10.2. The zero-order valence-electron chi connectivity index (χ0n) is 17.3. The van der Waals surface area contributed by atoms with Crippen molar-refractivity contribution in [3.05, 3.63) is 58.1 Å². The average molecular weight is 465 g/mol. The van der Waals surface area contributed by atoms with Crippen LogP contribution in [0.15, 0.2) is 42.5 Å². The van der Waals surface area contributed by atoms with Crippen LogP contribution in [0.5, 0.6) is 11.5 Å².